The second-order valence-corrected chi connectivity index (χ2v) is 16.5. The standard InChI is InChI=1S/C47H48N6O4/c1-45(2)33-20-28(54-6)10-13-37(33)52(38-14-11-29(55-7)21-34(38)45)26-18-31-41(48)42(49)32-19-27(25-51-44(32)43(31)50-24-26)53-39-15-12-30(56-8)22-35(39)46(3,4)36-23-47(5,57-9)17-16-40(36)53/h10-22,24-25H,23,48-49H2,1-9H3. The van der Waals surface area contributed by atoms with E-state index in [2.05, 4.69) is 105 Å². The van der Waals surface area contributed by atoms with Crippen LogP contribution in [0.25, 0.3) is 21.8 Å². The third-order valence-corrected chi connectivity index (χ3v) is 12.6. The zero-order valence-corrected chi connectivity index (χ0v) is 33.9. The largest absolute Gasteiger partial charge is 0.497 e. The molecule has 290 valence electrons. The maximum atomic E-state index is 7.01. The van der Waals surface area contributed by atoms with Gasteiger partial charge in [-0.3, -0.25) is 9.97 Å². The lowest BCUT2D eigenvalue weighted by Gasteiger charge is -2.47. The molecule has 0 spiro atoms. The van der Waals surface area contributed by atoms with Crippen LogP contribution in [-0.4, -0.2) is 44.0 Å². The molecule has 1 aliphatic carbocycles. The first-order valence-corrected chi connectivity index (χ1v) is 19.1. The third-order valence-electron chi connectivity index (χ3n) is 12.6. The predicted octanol–water partition coefficient (Wildman–Crippen LogP) is 10.1. The minimum absolute atomic E-state index is 0.297. The van der Waals surface area contributed by atoms with Crippen molar-refractivity contribution in [3.05, 3.63) is 119 Å². The Kier molecular flexibility index (Phi) is 8.06. The molecule has 0 bridgehead atoms. The summed E-state index contributed by atoms with van der Waals surface area (Å²) < 4.78 is 23.1. The molecule has 6 aromatic rings. The van der Waals surface area contributed by atoms with Crippen LogP contribution in [-0.2, 0) is 15.6 Å². The maximum Gasteiger partial charge on any atom is 0.119 e. The van der Waals surface area contributed by atoms with Crippen LogP contribution in [0.3, 0.4) is 0 Å². The zero-order chi connectivity index (χ0) is 40.2. The third kappa shape index (κ3) is 5.26. The highest BCUT2D eigenvalue weighted by molar-refractivity contribution is 6.17. The molecular weight excluding hydrogens is 713 g/mol. The topological polar surface area (TPSA) is 121 Å². The summed E-state index contributed by atoms with van der Waals surface area (Å²) in [5, 5.41) is 1.46. The summed E-state index contributed by atoms with van der Waals surface area (Å²) in [6.45, 7) is 11.1. The van der Waals surface area contributed by atoms with Crippen molar-refractivity contribution in [3.8, 4) is 17.2 Å². The first-order chi connectivity index (χ1) is 27.2. The van der Waals surface area contributed by atoms with Gasteiger partial charge >= 0.3 is 0 Å². The Hall–Kier alpha value is -6.26. The van der Waals surface area contributed by atoms with Gasteiger partial charge in [-0.1, -0.05) is 33.8 Å². The van der Waals surface area contributed by atoms with E-state index in [0.717, 1.165) is 85.3 Å². The van der Waals surface area contributed by atoms with E-state index in [1.165, 1.54) is 5.57 Å². The van der Waals surface area contributed by atoms with Crippen molar-refractivity contribution in [3.63, 3.8) is 0 Å². The molecule has 4 N–H and O–H groups in total. The van der Waals surface area contributed by atoms with Gasteiger partial charge in [-0.15, -0.1) is 0 Å². The lowest BCUT2D eigenvalue weighted by Crippen LogP contribution is -2.40. The molecule has 2 aromatic heterocycles. The Morgan fingerprint density at radius 2 is 1.02 bits per heavy atom. The molecule has 0 radical (unpaired) electrons. The highest BCUT2D eigenvalue weighted by Gasteiger charge is 2.43. The molecule has 4 aromatic carbocycles. The number of hydrogen-bond acceptors (Lipinski definition) is 10. The number of rotatable bonds is 6. The van der Waals surface area contributed by atoms with Gasteiger partial charge in [0.1, 0.15) is 17.2 Å². The molecule has 0 fully saturated rings. The minimum atomic E-state index is -0.434. The second kappa shape index (κ2) is 12.6. The van der Waals surface area contributed by atoms with E-state index in [1.54, 1.807) is 28.4 Å². The summed E-state index contributed by atoms with van der Waals surface area (Å²) in [6.07, 6.45) is 8.84. The monoisotopic (exact) mass is 760 g/mol. The molecule has 0 saturated heterocycles. The zero-order valence-electron chi connectivity index (χ0n) is 33.9. The summed E-state index contributed by atoms with van der Waals surface area (Å²) in [7, 11) is 6.85. The normalized spacial score (nSPS) is 18.9. The first kappa shape index (κ1) is 36.4. The molecule has 3 aliphatic rings. The molecule has 1 atom stereocenters. The average molecular weight is 761 g/mol. The number of nitrogens with zero attached hydrogens (tertiary/aromatic N) is 4. The predicted molar refractivity (Wildman–Crippen MR) is 230 cm³/mol. The highest BCUT2D eigenvalue weighted by atomic mass is 16.5. The van der Waals surface area contributed by atoms with Crippen LogP contribution in [0.1, 0.15) is 57.7 Å². The number of hydrogen-bond donors (Lipinski definition) is 2. The van der Waals surface area contributed by atoms with Crippen molar-refractivity contribution in [2.24, 2.45) is 0 Å². The molecule has 10 heteroatoms. The smallest absolute Gasteiger partial charge is 0.119 e. The van der Waals surface area contributed by atoms with Gasteiger partial charge in [-0.25, -0.2) is 0 Å². The van der Waals surface area contributed by atoms with Gasteiger partial charge in [0.25, 0.3) is 0 Å². The summed E-state index contributed by atoms with van der Waals surface area (Å²) in [5.74, 6) is 2.38. The fourth-order valence-corrected chi connectivity index (χ4v) is 9.11. The minimum Gasteiger partial charge on any atom is -0.497 e. The lowest BCUT2D eigenvalue weighted by atomic mass is 9.68. The first-order valence-electron chi connectivity index (χ1n) is 19.1. The van der Waals surface area contributed by atoms with Gasteiger partial charge in [0.2, 0.25) is 0 Å². The van der Waals surface area contributed by atoms with Gasteiger partial charge in [-0.05, 0) is 102 Å². The fourth-order valence-electron chi connectivity index (χ4n) is 9.11. The van der Waals surface area contributed by atoms with Crippen LogP contribution in [0.2, 0.25) is 0 Å². The number of benzene rings is 4. The number of fused-ring (bicyclic) bond motifs is 6. The van der Waals surface area contributed by atoms with Crippen LogP contribution < -0.4 is 35.5 Å². The van der Waals surface area contributed by atoms with Crippen LogP contribution in [0.4, 0.5) is 39.8 Å². The highest BCUT2D eigenvalue weighted by Crippen LogP contribution is 2.56. The number of aromatic nitrogens is 2. The lowest BCUT2D eigenvalue weighted by molar-refractivity contribution is 0.0449. The van der Waals surface area contributed by atoms with Crippen molar-refractivity contribution in [2.75, 3.05) is 49.7 Å². The van der Waals surface area contributed by atoms with Crippen LogP contribution >= 0.6 is 0 Å². The fraction of sp³-hybridized carbons (Fsp3) is 0.277. The number of allylic oxidation sites excluding steroid dienone is 1. The Balaban J connectivity index is 1.21. The van der Waals surface area contributed by atoms with Crippen LogP contribution in [0.5, 0.6) is 17.2 Å². The van der Waals surface area contributed by atoms with Crippen LogP contribution in [0, 0.1) is 0 Å². The Morgan fingerprint density at radius 1 is 0.579 bits per heavy atom. The quantitative estimate of drug-likeness (QED) is 0.0964. The summed E-state index contributed by atoms with van der Waals surface area (Å²) in [6, 6.07) is 22.8. The number of pyridine rings is 2. The van der Waals surface area contributed by atoms with E-state index >= 15 is 0 Å². The van der Waals surface area contributed by atoms with E-state index in [-0.39, 0.29) is 10.8 Å². The second-order valence-electron chi connectivity index (χ2n) is 16.5. The van der Waals surface area contributed by atoms with Crippen molar-refractivity contribution >= 4 is 61.6 Å². The number of methoxy groups -OCH3 is 4. The van der Waals surface area contributed by atoms with Crippen molar-refractivity contribution in [1.29, 1.82) is 0 Å². The van der Waals surface area contributed by atoms with Crippen LogP contribution in [0.15, 0.2) is 103 Å². The van der Waals surface area contributed by atoms with E-state index in [9.17, 15) is 0 Å². The van der Waals surface area contributed by atoms with Gasteiger partial charge in [0, 0.05) is 40.8 Å². The Labute approximate surface area is 333 Å². The van der Waals surface area contributed by atoms with E-state index in [0.29, 0.717) is 22.4 Å². The maximum absolute atomic E-state index is 7.01. The number of anilines is 7. The molecule has 0 amide bonds. The van der Waals surface area contributed by atoms with Crippen molar-refractivity contribution in [2.45, 2.75) is 57.5 Å². The molecule has 10 nitrogen and oxygen atoms in total. The number of ether oxygens (including phenoxy) is 4. The molecule has 4 heterocycles. The number of nitrogens with two attached hydrogens (primary N) is 2. The molecule has 1 unspecified atom stereocenters. The van der Waals surface area contributed by atoms with E-state index in [1.807, 2.05) is 30.6 Å². The SMILES string of the molecule is COc1ccc2c(c1)C(C)(C)C1=C(C=CC(C)(OC)C1)N2c1cnc2c(c1)c(N)c(N)c1cc(N3c4ccc(OC)cc4C(C)(C)c4cc(OC)ccc43)cnc12. The van der Waals surface area contributed by atoms with Gasteiger partial charge in [0.05, 0.1) is 90.2 Å². The molecule has 9 rings (SSSR count). The molecule has 0 saturated carbocycles. The average Bonchev–Trinajstić information content (AvgIpc) is 3.23. The Bertz CT molecular complexity index is 2680. The summed E-state index contributed by atoms with van der Waals surface area (Å²) in [5.41, 5.74) is 25.7. The van der Waals surface area contributed by atoms with Gasteiger partial charge in [0.15, 0.2) is 0 Å². The molecular formula is C47H48N6O4. The van der Waals surface area contributed by atoms with E-state index in [4.69, 9.17) is 40.4 Å². The summed E-state index contributed by atoms with van der Waals surface area (Å²) in [4.78, 5) is 14.7. The molecule has 57 heavy (non-hydrogen) atoms. The van der Waals surface area contributed by atoms with Crippen molar-refractivity contribution in [1.82, 2.24) is 9.97 Å². The Morgan fingerprint density at radius 3 is 1.47 bits per heavy atom. The van der Waals surface area contributed by atoms with Crippen molar-refractivity contribution < 1.29 is 18.9 Å². The van der Waals surface area contributed by atoms with Gasteiger partial charge < -0.3 is 40.2 Å². The summed E-state index contributed by atoms with van der Waals surface area (Å²) >= 11 is 0. The van der Waals surface area contributed by atoms with Gasteiger partial charge in [-0.2, -0.15) is 0 Å². The molecule has 2 aliphatic heterocycles. The number of nitrogen functional groups attached to an aromatic ring is 2. The van der Waals surface area contributed by atoms with E-state index < -0.39 is 5.60 Å².